The van der Waals surface area contributed by atoms with Crippen LogP contribution in [0.15, 0.2) is 53.7 Å². The number of hydrogen-bond acceptors (Lipinski definition) is 4. The normalized spacial score (nSPS) is 10.6. The van der Waals surface area contributed by atoms with Crippen LogP contribution in [-0.4, -0.2) is 14.8 Å². The molecule has 0 atom stereocenters. The van der Waals surface area contributed by atoms with Gasteiger partial charge in [0.1, 0.15) is 5.76 Å². The van der Waals surface area contributed by atoms with Gasteiger partial charge in [-0.25, -0.2) is 9.67 Å². The van der Waals surface area contributed by atoms with E-state index in [4.69, 9.17) is 16.0 Å². The number of rotatable bonds is 4. The minimum absolute atomic E-state index is 0.536. The highest BCUT2D eigenvalue weighted by Gasteiger charge is 2.06. The molecule has 1 N–H and O–H groups in total. The van der Waals surface area contributed by atoms with Crippen LogP contribution in [-0.2, 0) is 6.54 Å². The van der Waals surface area contributed by atoms with Gasteiger partial charge < -0.3 is 9.73 Å². The first-order chi connectivity index (χ1) is 9.33. The van der Waals surface area contributed by atoms with E-state index < -0.39 is 0 Å². The Balaban J connectivity index is 1.88. The number of anilines is 1. The third-order valence-electron chi connectivity index (χ3n) is 2.65. The zero-order valence-electron chi connectivity index (χ0n) is 9.95. The second kappa shape index (κ2) is 5.16. The van der Waals surface area contributed by atoms with Crippen LogP contribution in [0.3, 0.4) is 0 Å². The monoisotopic (exact) mass is 274 g/mol. The Morgan fingerprint density at radius 1 is 1.37 bits per heavy atom. The summed E-state index contributed by atoms with van der Waals surface area (Å²) in [6.45, 7) is 0.536. The minimum Gasteiger partial charge on any atom is -0.447 e. The molecule has 3 aromatic rings. The van der Waals surface area contributed by atoms with Crippen LogP contribution in [0.5, 0.6) is 0 Å². The van der Waals surface area contributed by atoms with Gasteiger partial charge in [-0.3, -0.25) is 0 Å². The molecule has 0 saturated carbocycles. The highest BCUT2D eigenvalue weighted by molar-refractivity contribution is 6.31. The number of aromatic nitrogens is 3. The van der Waals surface area contributed by atoms with Crippen LogP contribution in [0.25, 0.3) is 5.69 Å². The highest BCUT2D eigenvalue weighted by atomic mass is 35.5. The standard InChI is InChI=1S/C13H11ClN4O/c14-10-2-3-13(18-5-1-4-17-18)12(6-10)16-8-11-7-15-9-19-11/h1-7,9,16H,8H2. The molecule has 0 spiro atoms. The summed E-state index contributed by atoms with van der Waals surface area (Å²) < 4.78 is 6.96. The molecule has 0 fully saturated rings. The van der Waals surface area contributed by atoms with E-state index >= 15 is 0 Å². The third-order valence-corrected chi connectivity index (χ3v) is 2.88. The molecule has 0 aliphatic rings. The predicted molar refractivity (Wildman–Crippen MR) is 72.4 cm³/mol. The molecular formula is C13H11ClN4O. The molecule has 0 aliphatic heterocycles. The van der Waals surface area contributed by atoms with Gasteiger partial charge in [-0.15, -0.1) is 0 Å². The summed E-state index contributed by atoms with van der Waals surface area (Å²) in [6.07, 6.45) is 6.69. The SMILES string of the molecule is Clc1ccc(-n2cccn2)c(NCc2cnco2)c1. The van der Waals surface area contributed by atoms with Crippen molar-refractivity contribution in [1.29, 1.82) is 0 Å². The Labute approximate surface area is 114 Å². The van der Waals surface area contributed by atoms with Crippen LogP contribution in [0.2, 0.25) is 5.02 Å². The molecule has 2 heterocycles. The fourth-order valence-electron chi connectivity index (χ4n) is 1.77. The van der Waals surface area contributed by atoms with Gasteiger partial charge >= 0.3 is 0 Å². The van der Waals surface area contributed by atoms with Gasteiger partial charge in [0.25, 0.3) is 0 Å². The Kier molecular flexibility index (Phi) is 3.20. The van der Waals surface area contributed by atoms with Gasteiger partial charge in [0.2, 0.25) is 0 Å². The van der Waals surface area contributed by atoms with Crippen molar-refractivity contribution in [2.24, 2.45) is 0 Å². The maximum absolute atomic E-state index is 6.03. The lowest BCUT2D eigenvalue weighted by molar-refractivity contribution is 0.511. The van der Waals surface area contributed by atoms with Gasteiger partial charge in [0.05, 0.1) is 24.1 Å². The summed E-state index contributed by atoms with van der Waals surface area (Å²) in [4.78, 5) is 3.87. The highest BCUT2D eigenvalue weighted by Crippen LogP contribution is 2.24. The molecule has 0 radical (unpaired) electrons. The largest absolute Gasteiger partial charge is 0.447 e. The van der Waals surface area contributed by atoms with E-state index in [1.807, 2.05) is 30.5 Å². The molecule has 3 rings (SSSR count). The molecule has 5 nitrogen and oxygen atoms in total. The molecule has 96 valence electrons. The Morgan fingerprint density at radius 3 is 3.05 bits per heavy atom. The van der Waals surface area contributed by atoms with Crippen molar-refractivity contribution in [2.45, 2.75) is 6.54 Å². The van der Waals surface area contributed by atoms with Crippen LogP contribution >= 0.6 is 11.6 Å². The molecule has 0 amide bonds. The topological polar surface area (TPSA) is 55.9 Å². The lowest BCUT2D eigenvalue weighted by Crippen LogP contribution is -2.04. The van der Waals surface area contributed by atoms with Gasteiger partial charge in [-0.05, 0) is 24.3 Å². The fraction of sp³-hybridized carbons (Fsp3) is 0.0769. The van der Waals surface area contributed by atoms with Crippen LogP contribution in [0.1, 0.15) is 5.76 Å². The van der Waals surface area contributed by atoms with Crippen molar-refractivity contribution in [2.75, 3.05) is 5.32 Å². The van der Waals surface area contributed by atoms with E-state index in [1.165, 1.54) is 6.39 Å². The van der Waals surface area contributed by atoms with Crippen LogP contribution in [0.4, 0.5) is 5.69 Å². The lowest BCUT2D eigenvalue weighted by atomic mass is 10.2. The maximum atomic E-state index is 6.03. The molecule has 6 heteroatoms. The molecule has 1 aromatic carbocycles. The number of oxazole rings is 1. The molecule has 0 bridgehead atoms. The van der Waals surface area contributed by atoms with E-state index in [9.17, 15) is 0 Å². The summed E-state index contributed by atoms with van der Waals surface area (Å²) in [6, 6.07) is 7.47. The smallest absolute Gasteiger partial charge is 0.180 e. The molecular weight excluding hydrogens is 264 g/mol. The molecule has 0 saturated heterocycles. The summed E-state index contributed by atoms with van der Waals surface area (Å²) >= 11 is 6.03. The minimum atomic E-state index is 0.536. The molecule has 19 heavy (non-hydrogen) atoms. The number of nitrogens with one attached hydrogen (secondary N) is 1. The van der Waals surface area contributed by atoms with Crippen molar-refractivity contribution in [3.63, 3.8) is 0 Å². The second-order valence-corrected chi connectivity index (χ2v) is 4.37. The van der Waals surface area contributed by atoms with Crippen molar-refractivity contribution >= 4 is 17.3 Å². The van der Waals surface area contributed by atoms with Gasteiger partial charge in [0.15, 0.2) is 6.39 Å². The van der Waals surface area contributed by atoms with E-state index in [1.54, 1.807) is 17.1 Å². The molecule has 2 aromatic heterocycles. The van der Waals surface area contributed by atoms with Crippen molar-refractivity contribution < 1.29 is 4.42 Å². The van der Waals surface area contributed by atoms with E-state index in [2.05, 4.69) is 15.4 Å². The molecule has 0 unspecified atom stereocenters. The second-order valence-electron chi connectivity index (χ2n) is 3.93. The Morgan fingerprint density at radius 2 is 2.32 bits per heavy atom. The predicted octanol–water partition coefficient (Wildman–Crippen LogP) is 3.13. The third kappa shape index (κ3) is 2.61. The van der Waals surface area contributed by atoms with Gasteiger partial charge in [-0.2, -0.15) is 5.10 Å². The van der Waals surface area contributed by atoms with Crippen molar-refractivity contribution in [1.82, 2.24) is 14.8 Å². The maximum Gasteiger partial charge on any atom is 0.180 e. The summed E-state index contributed by atoms with van der Waals surface area (Å²) in [5, 5.41) is 8.15. The number of halogens is 1. The quantitative estimate of drug-likeness (QED) is 0.794. The van der Waals surface area contributed by atoms with Gasteiger partial charge in [0, 0.05) is 17.4 Å². The number of benzene rings is 1. The van der Waals surface area contributed by atoms with Crippen LogP contribution in [0, 0.1) is 0 Å². The summed E-state index contributed by atoms with van der Waals surface area (Å²) in [5.41, 5.74) is 1.81. The average Bonchev–Trinajstić information content (AvgIpc) is 3.10. The Hall–Kier alpha value is -2.27. The summed E-state index contributed by atoms with van der Waals surface area (Å²) in [5.74, 6) is 0.756. The molecule has 0 aliphatic carbocycles. The van der Waals surface area contributed by atoms with Gasteiger partial charge in [-0.1, -0.05) is 11.6 Å². The van der Waals surface area contributed by atoms with Crippen molar-refractivity contribution in [3.05, 3.63) is 60.0 Å². The first kappa shape index (κ1) is 11.8. The first-order valence-electron chi connectivity index (χ1n) is 5.74. The fourth-order valence-corrected chi connectivity index (χ4v) is 1.94. The van der Waals surface area contributed by atoms with Crippen LogP contribution < -0.4 is 5.32 Å². The number of nitrogens with zero attached hydrogens (tertiary/aromatic N) is 3. The Bertz CT molecular complexity index is 649. The van der Waals surface area contributed by atoms with E-state index in [0.717, 1.165) is 17.1 Å². The zero-order valence-corrected chi connectivity index (χ0v) is 10.7. The lowest BCUT2D eigenvalue weighted by Gasteiger charge is -2.11. The first-order valence-corrected chi connectivity index (χ1v) is 6.11. The summed E-state index contributed by atoms with van der Waals surface area (Å²) in [7, 11) is 0. The number of hydrogen-bond donors (Lipinski definition) is 1. The van der Waals surface area contributed by atoms with Crippen molar-refractivity contribution in [3.8, 4) is 5.69 Å². The average molecular weight is 275 g/mol. The van der Waals surface area contributed by atoms with E-state index in [0.29, 0.717) is 11.6 Å². The van der Waals surface area contributed by atoms with E-state index in [-0.39, 0.29) is 0 Å². The zero-order chi connectivity index (χ0) is 13.1.